The highest BCUT2D eigenvalue weighted by Gasteiger charge is 2.32. The van der Waals surface area contributed by atoms with Crippen molar-refractivity contribution in [3.63, 3.8) is 0 Å². The molecule has 1 N–H and O–H groups in total. The molecule has 1 heterocycles. The molecule has 0 aliphatic carbocycles. The minimum Gasteiger partial charge on any atom is -0.396 e. The molecule has 0 aromatic heterocycles. The van der Waals surface area contributed by atoms with Gasteiger partial charge in [-0.25, -0.2) is 8.78 Å². The molecule has 2 rings (SSSR count). The zero-order chi connectivity index (χ0) is 14.9. The van der Waals surface area contributed by atoms with E-state index in [2.05, 4.69) is 0 Å². The number of non-ortho nitro benzene ring substituents is 1. The van der Waals surface area contributed by atoms with E-state index in [0.29, 0.717) is 25.9 Å². The Bertz CT molecular complexity index is 505. The van der Waals surface area contributed by atoms with Gasteiger partial charge in [-0.05, 0) is 18.3 Å². The van der Waals surface area contributed by atoms with Crippen LogP contribution in [0.15, 0.2) is 12.1 Å². The van der Waals surface area contributed by atoms with Crippen molar-refractivity contribution in [1.82, 2.24) is 0 Å². The Labute approximate surface area is 115 Å². The van der Waals surface area contributed by atoms with Crippen molar-refractivity contribution in [1.29, 1.82) is 0 Å². The molecular formula is C13H16F2N2O3. The summed E-state index contributed by atoms with van der Waals surface area (Å²) < 4.78 is 27.8. The lowest BCUT2D eigenvalue weighted by atomic mass is 9.81. The van der Waals surface area contributed by atoms with Gasteiger partial charge in [0.05, 0.1) is 17.1 Å². The van der Waals surface area contributed by atoms with E-state index in [1.165, 1.54) is 4.90 Å². The van der Waals surface area contributed by atoms with Crippen LogP contribution in [-0.4, -0.2) is 29.7 Å². The highest BCUT2D eigenvalue weighted by molar-refractivity contribution is 5.54. The summed E-state index contributed by atoms with van der Waals surface area (Å²) in [5.74, 6) is -1.85. The van der Waals surface area contributed by atoms with Crippen LogP contribution in [0.25, 0.3) is 0 Å². The fraction of sp³-hybridized carbons (Fsp3) is 0.538. The predicted molar refractivity (Wildman–Crippen MR) is 69.7 cm³/mol. The number of rotatable bonds is 3. The van der Waals surface area contributed by atoms with Crippen molar-refractivity contribution in [2.45, 2.75) is 19.8 Å². The summed E-state index contributed by atoms with van der Waals surface area (Å²) in [5.41, 5.74) is -1.05. The number of aliphatic hydroxyl groups excluding tert-OH is 1. The molecule has 1 aromatic rings. The topological polar surface area (TPSA) is 66.6 Å². The third kappa shape index (κ3) is 2.72. The molecule has 1 aliphatic heterocycles. The van der Waals surface area contributed by atoms with Crippen LogP contribution in [0, 0.1) is 27.2 Å². The number of nitro groups is 1. The molecule has 1 saturated heterocycles. The van der Waals surface area contributed by atoms with E-state index in [-0.39, 0.29) is 17.7 Å². The first-order valence-corrected chi connectivity index (χ1v) is 6.35. The van der Waals surface area contributed by atoms with E-state index in [4.69, 9.17) is 0 Å². The Kier molecular flexibility index (Phi) is 3.89. The molecule has 0 unspecified atom stereocenters. The highest BCUT2D eigenvalue weighted by Crippen LogP contribution is 2.35. The molecule has 0 saturated carbocycles. The van der Waals surface area contributed by atoms with Crippen LogP contribution in [0.3, 0.4) is 0 Å². The Morgan fingerprint density at radius 3 is 2.25 bits per heavy atom. The van der Waals surface area contributed by atoms with Gasteiger partial charge in [0.1, 0.15) is 5.69 Å². The molecule has 1 fully saturated rings. The molecular weight excluding hydrogens is 270 g/mol. The highest BCUT2D eigenvalue weighted by atomic mass is 19.1. The van der Waals surface area contributed by atoms with Gasteiger partial charge in [0, 0.05) is 19.7 Å². The van der Waals surface area contributed by atoms with Crippen LogP contribution in [-0.2, 0) is 0 Å². The molecule has 1 aromatic carbocycles. The number of nitrogens with zero attached hydrogens (tertiary/aromatic N) is 2. The molecule has 0 bridgehead atoms. The monoisotopic (exact) mass is 286 g/mol. The maximum Gasteiger partial charge on any atom is 0.275 e. The number of halogens is 2. The first-order chi connectivity index (χ1) is 9.36. The Morgan fingerprint density at radius 2 is 1.85 bits per heavy atom. The zero-order valence-electron chi connectivity index (χ0n) is 11.1. The summed E-state index contributed by atoms with van der Waals surface area (Å²) in [5, 5.41) is 19.8. The second-order valence-corrected chi connectivity index (χ2v) is 5.47. The number of nitro benzene ring substituents is 1. The largest absolute Gasteiger partial charge is 0.396 e. The Balaban J connectivity index is 2.24. The van der Waals surface area contributed by atoms with Crippen molar-refractivity contribution in [3.8, 4) is 0 Å². The SMILES string of the molecule is CC1(CO)CCN(c2c(F)cc([N+](=O)[O-])cc2F)CC1. The summed E-state index contributed by atoms with van der Waals surface area (Å²) in [6, 6.07) is 1.47. The average Bonchev–Trinajstić information content (AvgIpc) is 2.40. The molecule has 0 atom stereocenters. The molecule has 0 spiro atoms. The minimum absolute atomic E-state index is 0.0338. The van der Waals surface area contributed by atoms with Gasteiger partial charge in [-0.3, -0.25) is 10.1 Å². The second-order valence-electron chi connectivity index (χ2n) is 5.47. The average molecular weight is 286 g/mol. The van der Waals surface area contributed by atoms with Gasteiger partial charge in [0.15, 0.2) is 11.6 Å². The molecule has 0 radical (unpaired) electrons. The summed E-state index contributed by atoms with van der Waals surface area (Å²) in [4.78, 5) is 11.3. The van der Waals surface area contributed by atoms with E-state index < -0.39 is 22.2 Å². The first-order valence-electron chi connectivity index (χ1n) is 6.35. The van der Waals surface area contributed by atoms with Gasteiger partial charge in [0.2, 0.25) is 0 Å². The number of piperidine rings is 1. The van der Waals surface area contributed by atoms with Gasteiger partial charge in [-0.1, -0.05) is 6.92 Å². The van der Waals surface area contributed by atoms with E-state index in [1.807, 2.05) is 6.92 Å². The van der Waals surface area contributed by atoms with Crippen LogP contribution >= 0.6 is 0 Å². The fourth-order valence-corrected chi connectivity index (χ4v) is 2.39. The number of hydrogen-bond donors (Lipinski definition) is 1. The van der Waals surface area contributed by atoms with Crippen molar-refractivity contribution in [3.05, 3.63) is 33.9 Å². The van der Waals surface area contributed by atoms with E-state index in [0.717, 1.165) is 12.1 Å². The summed E-state index contributed by atoms with van der Waals surface area (Å²) >= 11 is 0. The maximum absolute atomic E-state index is 13.9. The van der Waals surface area contributed by atoms with Crippen molar-refractivity contribution < 1.29 is 18.8 Å². The smallest absolute Gasteiger partial charge is 0.275 e. The maximum atomic E-state index is 13.9. The third-order valence-corrected chi connectivity index (χ3v) is 3.88. The van der Waals surface area contributed by atoms with Crippen molar-refractivity contribution in [2.24, 2.45) is 5.41 Å². The summed E-state index contributed by atoms with van der Waals surface area (Å²) in [7, 11) is 0. The molecule has 0 amide bonds. The van der Waals surface area contributed by atoms with Gasteiger partial charge >= 0.3 is 0 Å². The van der Waals surface area contributed by atoms with Crippen LogP contribution in [0.5, 0.6) is 0 Å². The van der Waals surface area contributed by atoms with Crippen molar-refractivity contribution >= 4 is 11.4 Å². The molecule has 1 aliphatic rings. The normalized spacial score (nSPS) is 18.1. The van der Waals surface area contributed by atoms with Gasteiger partial charge in [-0.2, -0.15) is 0 Å². The van der Waals surface area contributed by atoms with Gasteiger partial charge < -0.3 is 10.0 Å². The lowest BCUT2D eigenvalue weighted by Crippen LogP contribution is -2.41. The molecule has 110 valence electrons. The summed E-state index contributed by atoms with van der Waals surface area (Å²) in [6.07, 6.45) is 1.22. The fourth-order valence-electron chi connectivity index (χ4n) is 2.39. The van der Waals surface area contributed by atoms with Crippen LogP contribution in [0.2, 0.25) is 0 Å². The van der Waals surface area contributed by atoms with E-state index >= 15 is 0 Å². The van der Waals surface area contributed by atoms with Crippen LogP contribution < -0.4 is 4.90 Å². The second kappa shape index (κ2) is 5.32. The number of anilines is 1. The number of hydrogen-bond acceptors (Lipinski definition) is 4. The quantitative estimate of drug-likeness (QED) is 0.684. The minimum atomic E-state index is -0.927. The van der Waals surface area contributed by atoms with E-state index in [1.54, 1.807) is 0 Å². The van der Waals surface area contributed by atoms with Crippen LogP contribution in [0.1, 0.15) is 19.8 Å². The zero-order valence-corrected chi connectivity index (χ0v) is 11.1. The molecule has 20 heavy (non-hydrogen) atoms. The van der Waals surface area contributed by atoms with Crippen LogP contribution in [0.4, 0.5) is 20.2 Å². The predicted octanol–water partition coefficient (Wildman–Crippen LogP) is 2.47. The Hall–Kier alpha value is -1.76. The lowest BCUT2D eigenvalue weighted by Gasteiger charge is -2.39. The Morgan fingerprint density at radius 1 is 1.35 bits per heavy atom. The van der Waals surface area contributed by atoms with E-state index in [9.17, 15) is 24.0 Å². The molecule has 7 heteroatoms. The summed E-state index contributed by atoms with van der Waals surface area (Å²) in [6.45, 7) is 2.77. The third-order valence-electron chi connectivity index (χ3n) is 3.88. The van der Waals surface area contributed by atoms with Gasteiger partial charge in [-0.15, -0.1) is 0 Å². The van der Waals surface area contributed by atoms with Gasteiger partial charge in [0.25, 0.3) is 5.69 Å². The molecule has 5 nitrogen and oxygen atoms in total. The number of benzene rings is 1. The van der Waals surface area contributed by atoms with Crippen molar-refractivity contribution in [2.75, 3.05) is 24.6 Å². The first kappa shape index (κ1) is 14.6. The standard InChI is InChI=1S/C13H16F2N2O3/c1-13(8-18)2-4-16(5-3-13)12-10(14)6-9(17(19)20)7-11(12)15/h6-7,18H,2-5,8H2,1H3. The number of aliphatic hydroxyl groups is 1. The lowest BCUT2D eigenvalue weighted by molar-refractivity contribution is -0.385.